The molecule has 2 N–H and O–H groups in total. The van der Waals surface area contributed by atoms with Crippen molar-refractivity contribution in [2.75, 3.05) is 0 Å². The fourth-order valence-electron chi connectivity index (χ4n) is 2.19. The zero-order valence-electron chi connectivity index (χ0n) is 10.5. The Balaban J connectivity index is 2.39. The van der Waals surface area contributed by atoms with E-state index in [1.165, 1.54) is 0 Å². The van der Waals surface area contributed by atoms with E-state index >= 15 is 0 Å². The second kappa shape index (κ2) is 5.34. The number of benzene rings is 2. The van der Waals surface area contributed by atoms with Crippen molar-refractivity contribution in [2.24, 2.45) is 0 Å². The first-order valence-electron chi connectivity index (χ1n) is 6.19. The molecule has 0 aliphatic carbocycles. The average molecular weight is 242 g/mol. The Morgan fingerprint density at radius 2 is 1.44 bits per heavy atom. The maximum atomic E-state index is 10.8. The van der Waals surface area contributed by atoms with Crippen molar-refractivity contribution in [3.05, 3.63) is 71.8 Å². The van der Waals surface area contributed by atoms with Gasteiger partial charge in [-0.3, -0.25) is 0 Å². The first-order chi connectivity index (χ1) is 8.68. The molecule has 0 aromatic heterocycles. The molecule has 0 spiro atoms. The highest BCUT2D eigenvalue weighted by atomic mass is 16.3. The maximum Gasteiger partial charge on any atom is 0.119 e. The summed E-state index contributed by atoms with van der Waals surface area (Å²) in [6, 6.07) is 18.6. The summed E-state index contributed by atoms with van der Waals surface area (Å²) in [5, 5.41) is 21.2. The Bertz CT molecular complexity index is 481. The molecule has 0 radical (unpaired) electrons. The van der Waals surface area contributed by atoms with Crippen molar-refractivity contribution in [3.63, 3.8) is 0 Å². The lowest BCUT2D eigenvalue weighted by Crippen LogP contribution is -2.32. The average Bonchev–Trinajstić information content (AvgIpc) is 2.47. The zero-order chi connectivity index (χ0) is 13.0. The minimum atomic E-state index is -1.25. The first-order valence-corrected chi connectivity index (χ1v) is 6.19. The van der Waals surface area contributed by atoms with Crippen LogP contribution in [0.5, 0.6) is 0 Å². The number of hydrogen-bond donors (Lipinski definition) is 2. The third kappa shape index (κ3) is 2.30. The molecule has 0 saturated carbocycles. The Morgan fingerprint density at radius 3 is 1.94 bits per heavy atom. The lowest BCUT2D eigenvalue weighted by molar-refractivity contribution is -0.0858. The van der Waals surface area contributed by atoms with Gasteiger partial charge >= 0.3 is 0 Å². The van der Waals surface area contributed by atoms with E-state index in [0.29, 0.717) is 6.42 Å². The van der Waals surface area contributed by atoms with Crippen molar-refractivity contribution in [3.8, 4) is 0 Å². The van der Waals surface area contributed by atoms with E-state index in [1.54, 1.807) is 0 Å². The van der Waals surface area contributed by atoms with Crippen molar-refractivity contribution in [1.29, 1.82) is 0 Å². The molecular formula is C16H18O2. The van der Waals surface area contributed by atoms with Crippen LogP contribution in [0.4, 0.5) is 0 Å². The molecule has 0 bridgehead atoms. The van der Waals surface area contributed by atoms with Crippen LogP contribution in [0.3, 0.4) is 0 Å². The Labute approximate surface area is 108 Å². The monoisotopic (exact) mass is 242 g/mol. The van der Waals surface area contributed by atoms with E-state index in [0.717, 1.165) is 11.1 Å². The summed E-state index contributed by atoms with van der Waals surface area (Å²) in [6.45, 7) is 1.87. The molecular weight excluding hydrogens is 224 g/mol. The van der Waals surface area contributed by atoms with E-state index in [1.807, 2.05) is 67.6 Å². The minimum Gasteiger partial charge on any atom is -0.385 e. The van der Waals surface area contributed by atoms with Crippen LogP contribution in [0.1, 0.15) is 30.6 Å². The van der Waals surface area contributed by atoms with Crippen LogP contribution in [0.15, 0.2) is 60.7 Å². The van der Waals surface area contributed by atoms with Crippen LogP contribution in [-0.4, -0.2) is 10.2 Å². The number of hydrogen-bond acceptors (Lipinski definition) is 2. The molecule has 2 nitrogen and oxygen atoms in total. The number of aliphatic hydroxyl groups is 2. The van der Waals surface area contributed by atoms with E-state index < -0.39 is 11.7 Å². The normalized spacial score (nSPS) is 15.9. The highest BCUT2D eigenvalue weighted by Gasteiger charge is 2.36. The van der Waals surface area contributed by atoms with Crippen LogP contribution in [0.2, 0.25) is 0 Å². The van der Waals surface area contributed by atoms with E-state index in [2.05, 4.69) is 0 Å². The molecule has 2 aromatic carbocycles. The largest absolute Gasteiger partial charge is 0.385 e. The molecule has 0 saturated heterocycles. The smallest absolute Gasteiger partial charge is 0.119 e. The minimum absolute atomic E-state index is 0.451. The van der Waals surface area contributed by atoms with E-state index in [4.69, 9.17) is 0 Å². The van der Waals surface area contributed by atoms with Gasteiger partial charge in [-0.25, -0.2) is 0 Å². The lowest BCUT2D eigenvalue weighted by atomic mass is 9.82. The van der Waals surface area contributed by atoms with Crippen molar-refractivity contribution in [2.45, 2.75) is 25.0 Å². The Hall–Kier alpha value is -1.64. The zero-order valence-corrected chi connectivity index (χ0v) is 10.5. The van der Waals surface area contributed by atoms with Gasteiger partial charge in [0.25, 0.3) is 0 Å². The quantitative estimate of drug-likeness (QED) is 0.865. The van der Waals surface area contributed by atoms with Crippen LogP contribution < -0.4 is 0 Å². The molecule has 2 aromatic rings. The van der Waals surface area contributed by atoms with Crippen molar-refractivity contribution < 1.29 is 10.2 Å². The Morgan fingerprint density at radius 1 is 0.944 bits per heavy atom. The van der Waals surface area contributed by atoms with Crippen LogP contribution in [0, 0.1) is 0 Å². The molecule has 2 rings (SSSR count). The predicted molar refractivity (Wildman–Crippen MR) is 72.0 cm³/mol. The second-order valence-corrected chi connectivity index (χ2v) is 4.46. The number of rotatable bonds is 4. The molecule has 0 unspecified atom stereocenters. The summed E-state index contributed by atoms with van der Waals surface area (Å²) in [4.78, 5) is 0. The van der Waals surface area contributed by atoms with Gasteiger partial charge < -0.3 is 10.2 Å². The molecule has 0 aliphatic heterocycles. The predicted octanol–water partition coefficient (Wildman–Crippen LogP) is 3.02. The first kappa shape index (κ1) is 12.8. The van der Waals surface area contributed by atoms with Crippen molar-refractivity contribution >= 4 is 0 Å². The fraction of sp³-hybridized carbons (Fsp3) is 0.250. The van der Waals surface area contributed by atoms with E-state index in [9.17, 15) is 10.2 Å². The second-order valence-electron chi connectivity index (χ2n) is 4.46. The van der Waals surface area contributed by atoms with Crippen LogP contribution in [-0.2, 0) is 5.60 Å². The van der Waals surface area contributed by atoms with Gasteiger partial charge in [0.15, 0.2) is 0 Å². The Kier molecular flexibility index (Phi) is 3.80. The van der Waals surface area contributed by atoms with Gasteiger partial charge in [-0.05, 0) is 17.5 Å². The molecule has 0 fully saturated rings. The van der Waals surface area contributed by atoms with Gasteiger partial charge in [-0.2, -0.15) is 0 Å². The topological polar surface area (TPSA) is 40.5 Å². The highest BCUT2D eigenvalue weighted by molar-refractivity contribution is 5.29. The summed E-state index contributed by atoms with van der Waals surface area (Å²) in [5.74, 6) is 0. The fourth-order valence-corrected chi connectivity index (χ4v) is 2.19. The lowest BCUT2D eigenvalue weighted by Gasteiger charge is -2.33. The summed E-state index contributed by atoms with van der Waals surface area (Å²) >= 11 is 0. The summed E-state index contributed by atoms with van der Waals surface area (Å²) < 4.78 is 0. The molecule has 94 valence electrons. The van der Waals surface area contributed by atoms with Gasteiger partial charge in [-0.1, -0.05) is 67.6 Å². The van der Waals surface area contributed by atoms with Gasteiger partial charge in [0.1, 0.15) is 11.7 Å². The molecule has 0 amide bonds. The van der Waals surface area contributed by atoms with Gasteiger partial charge in [0.05, 0.1) is 0 Å². The molecule has 0 heterocycles. The van der Waals surface area contributed by atoms with Crippen LogP contribution in [0.25, 0.3) is 0 Å². The van der Waals surface area contributed by atoms with E-state index in [-0.39, 0.29) is 0 Å². The maximum absolute atomic E-state index is 10.8. The summed E-state index contributed by atoms with van der Waals surface area (Å²) in [7, 11) is 0. The van der Waals surface area contributed by atoms with Crippen LogP contribution >= 0.6 is 0 Å². The van der Waals surface area contributed by atoms with Crippen molar-refractivity contribution in [1.82, 2.24) is 0 Å². The van der Waals surface area contributed by atoms with Gasteiger partial charge in [0, 0.05) is 0 Å². The standard InChI is InChI=1S/C16H18O2/c1-2-16(18,14-11-7-4-8-12-14)15(17)13-9-5-3-6-10-13/h3-12,15,17-18H,2H2,1H3/t15-,16+/m1/s1. The van der Waals surface area contributed by atoms with Gasteiger partial charge in [0.2, 0.25) is 0 Å². The van der Waals surface area contributed by atoms with Gasteiger partial charge in [-0.15, -0.1) is 0 Å². The molecule has 2 heteroatoms. The highest BCUT2D eigenvalue weighted by Crippen LogP contribution is 2.37. The third-order valence-electron chi connectivity index (χ3n) is 3.38. The summed E-state index contributed by atoms with van der Waals surface area (Å²) in [5.41, 5.74) is 0.220. The third-order valence-corrected chi connectivity index (χ3v) is 3.38. The molecule has 2 atom stereocenters. The summed E-state index contributed by atoms with van der Waals surface area (Å²) in [6.07, 6.45) is -0.473. The molecule has 0 aliphatic rings. The molecule has 18 heavy (non-hydrogen) atoms. The number of aliphatic hydroxyl groups excluding tert-OH is 1. The SMILES string of the molecule is CC[C@](O)(c1ccccc1)[C@H](O)c1ccccc1.